The molecule has 0 aromatic rings. The molecule has 0 spiro atoms. The summed E-state index contributed by atoms with van der Waals surface area (Å²) in [5, 5.41) is 15.5. The summed E-state index contributed by atoms with van der Waals surface area (Å²) in [6, 6.07) is 0. The van der Waals surface area contributed by atoms with Crippen LogP contribution in [0.1, 0.15) is 0 Å². The molecule has 1 saturated heterocycles. The van der Waals surface area contributed by atoms with Gasteiger partial charge < -0.3 is 16.4 Å². The van der Waals surface area contributed by atoms with Gasteiger partial charge in [-0.05, 0) is 0 Å². The minimum atomic E-state index is -2.25. The van der Waals surface area contributed by atoms with E-state index in [1.165, 1.54) is 0 Å². The number of hydrogen-bond acceptors (Lipinski definition) is 5. The summed E-state index contributed by atoms with van der Waals surface area (Å²) in [6.45, 7) is 0. The van der Waals surface area contributed by atoms with Crippen molar-refractivity contribution >= 4 is 0 Å². The van der Waals surface area contributed by atoms with Crippen molar-refractivity contribution in [1.82, 2.24) is 6.15 Å². The molecule has 0 radical (unpaired) electrons. The second kappa shape index (κ2) is 2.86. The molecule has 0 saturated carbocycles. The Labute approximate surface area is 58.9 Å². The molecule has 6 heteroatoms. The summed E-state index contributed by atoms with van der Waals surface area (Å²) in [6.07, 6.45) is -2.25. The third-order valence-electron chi connectivity index (χ3n) is 0.232. The van der Waals surface area contributed by atoms with Gasteiger partial charge in [-0.15, -0.1) is 9.78 Å². The quantitative estimate of drug-likeness (QED) is 0.248. The van der Waals surface area contributed by atoms with Crippen molar-refractivity contribution in [1.29, 1.82) is 0 Å². The minimum absolute atomic E-state index is 0. The Balaban J connectivity index is 0. The Morgan fingerprint density at radius 2 is 1.29 bits per heavy atom. The third-order valence-corrected chi connectivity index (χ3v) is 0.232. The van der Waals surface area contributed by atoms with Gasteiger partial charge in [0.25, 0.3) is 0 Å². The van der Waals surface area contributed by atoms with Crippen LogP contribution in [0.2, 0.25) is 0 Å². The van der Waals surface area contributed by atoms with Crippen LogP contribution in [0, 0.1) is 0 Å². The van der Waals surface area contributed by atoms with Crippen LogP contribution < -0.4 is 6.15 Å². The molecule has 1 aliphatic rings. The molecule has 1 aliphatic heterocycles. The average Bonchev–Trinajstić information content (AvgIpc) is 1.76. The minimum Gasteiger partial charge on any atom is -0.344 e. The second-order valence-corrected chi connectivity index (χ2v) is 0.715. The van der Waals surface area contributed by atoms with E-state index in [-0.39, 0.29) is 32.4 Å². The van der Waals surface area contributed by atoms with Gasteiger partial charge in [0.15, 0.2) is 0 Å². The largest absolute Gasteiger partial charge is 0.461 e. The Hall–Kier alpha value is 0.683. The van der Waals surface area contributed by atoms with Crippen molar-refractivity contribution in [3.63, 3.8) is 0 Å². The summed E-state index contributed by atoms with van der Waals surface area (Å²) in [4.78, 5) is 7.01. The fourth-order valence-corrected chi connectivity index (χ4v) is 0.0373. The molecular formula is CH5NO4Zr. The van der Waals surface area contributed by atoms with E-state index in [1.54, 1.807) is 0 Å². The summed E-state index contributed by atoms with van der Waals surface area (Å²) in [7, 11) is 0. The predicted molar refractivity (Wildman–Crippen MR) is 14.4 cm³/mol. The maximum atomic E-state index is 7.74. The van der Waals surface area contributed by atoms with Crippen LogP contribution in [0.3, 0.4) is 0 Å². The van der Waals surface area contributed by atoms with Gasteiger partial charge in [0.1, 0.15) is 0 Å². The molecule has 0 aromatic carbocycles. The molecule has 0 bridgehead atoms. The molecule has 1 fully saturated rings. The van der Waals surface area contributed by atoms with E-state index in [1.807, 2.05) is 0 Å². The maximum absolute atomic E-state index is 7.74. The van der Waals surface area contributed by atoms with E-state index in [9.17, 15) is 0 Å². The zero-order chi connectivity index (χ0) is 3.91. The molecule has 0 aromatic heterocycles. The van der Waals surface area contributed by atoms with Gasteiger partial charge in [0.2, 0.25) is 0 Å². The van der Waals surface area contributed by atoms with Crippen LogP contribution in [0.4, 0.5) is 0 Å². The first kappa shape index (κ1) is 10.6. The van der Waals surface area contributed by atoms with Gasteiger partial charge in [0.05, 0.1) is 0 Å². The molecule has 5 nitrogen and oxygen atoms in total. The maximum Gasteiger partial charge on any atom is 0.461 e. The standard InChI is InChI=1S/CH2O4.H3N.Zr/c2-1(3)4-5-1;;/h2-3H;1H3;. The fourth-order valence-electron chi connectivity index (χ4n) is 0.0373. The Morgan fingerprint density at radius 1 is 1.14 bits per heavy atom. The molecule has 42 valence electrons. The monoisotopic (exact) mass is 185 g/mol. The second-order valence-electron chi connectivity index (χ2n) is 0.715. The van der Waals surface area contributed by atoms with Crippen molar-refractivity contribution < 1.29 is 46.2 Å². The molecule has 5 N–H and O–H groups in total. The third kappa shape index (κ3) is 4.54. The Kier molecular flexibility index (Phi) is 4.35. The molecule has 1 rings (SSSR count). The SMILES string of the molecule is N.OC1(O)OO1.[Zr]. The van der Waals surface area contributed by atoms with Crippen LogP contribution >= 0.6 is 0 Å². The van der Waals surface area contributed by atoms with E-state index >= 15 is 0 Å². The van der Waals surface area contributed by atoms with Crippen LogP contribution in [-0.2, 0) is 36.0 Å². The molecule has 0 amide bonds. The van der Waals surface area contributed by atoms with Crippen molar-refractivity contribution in [2.45, 2.75) is 6.16 Å². The Morgan fingerprint density at radius 3 is 1.29 bits per heavy atom. The van der Waals surface area contributed by atoms with Crippen molar-refractivity contribution in [2.75, 3.05) is 0 Å². The van der Waals surface area contributed by atoms with Crippen molar-refractivity contribution in [3.8, 4) is 0 Å². The smallest absolute Gasteiger partial charge is 0.344 e. The fraction of sp³-hybridized carbons (Fsp3) is 1.00. The number of hydrogen-bond donors (Lipinski definition) is 3. The van der Waals surface area contributed by atoms with Gasteiger partial charge >= 0.3 is 6.16 Å². The van der Waals surface area contributed by atoms with E-state index < -0.39 is 6.16 Å². The number of aliphatic hydroxyl groups is 2. The summed E-state index contributed by atoms with van der Waals surface area (Å²) in [5.74, 6) is 0. The Bertz CT molecular complexity index is 49.7. The molecule has 1 heterocycles. The normalized spacial score (nSPS) is 21.4. The summed E-state index contributed by atoms with van der Waals surface area (Å²) < 4.78 is 0. The summed E-state index contributed by atoms with van der Waals surface area (Å²) in [5.41, 5.74) is 0. The number of rotatable bonds is 0. The van der Waals surface area contributed by atoms with E-state index in [0.29, 0.717) is 0 Å². The van der Waals surface area contributed by atoms with Gasteiger partial charge in [0, 0.05) is 26.2 Å². The van der Waals surface area contributed by atoms with Gasteiger partial charge in [-0.1, -0.05) is 0 Å². The molecule has 7 heavy (non-hydrogen) atoms. The van der Waals surface area contributed by atoms with Gasteiger partial charge in [-0.2, -0.15) is 0 Å². The molecule has 0 unspecified atom stereocenters. The molecule has 0 atom stereocenters. The van der Waals surface area contributed by atoms with Crippen molar-refractivity contribution in [2.24, 2.45) is 0 Å². The van der Waals surface area contributed by atoms with Crippen LogP contribution in [0.15, 0.2) is 0 Å². The first-order valence-electron chi connectivity index (χ1n) is 1.02. The van der Waals surface area contributed by atoms with Crippen LogP contribution in [0.25, 0.3) is 0 Å². The van der Waals surface area contributed by atoms with E-state index in [0.717, 1.165) is 0 Å². The van der Waals surface area contributed by atoms with Crippen LogP contribution in [-0.4, -0.2) is 16.4 Å². The van der Waals surface area contributed by atoms with Gasteiger partial charge in [-0.25, -0.2) is 0 Å². The zero-order valence-corrected chi connectivity index (χ0v) is 5.88. The topological polar surface area (TPSA) is 101 Å². The predicted octanol–water partition coefficient (Wildman–Crippen LogP) is -1.30. The molecule has 0 aliphatic carbocycles. The van der Waals surface area contributed by atoms with Gasteiger partial charge in [-0.3, -0.25) is 0 Å². The van der Waals surface area contributed by atoms with Crippen molar-refractivity contribution in [3.05, 3.63) is 0 Å². The summed E-state index contributed by atoms with van der Waals surface area (Å²) >= 11 is 0. The molecular weight excluding hydrogens is 181 g/mol. The first-order valence-corrected chi connectivity index (χ1v) is 1.02. The zero-order valence-electron chi connectivity index (χ0n) is 3.42. The van der Waals surface area contributed by atoms with E-state index in [4.69, 9.17) is 10.2 Å². The van der Waals surface area contributed by atoms with Crippen LogP contribution in [0.5, 0.6) is 0 Å². The first-order chi connectivity index (χ1) is 2.21. The average molecular weight is 186 g/mol. The van der Waals surface area contributed by atoms with E-state index in [2.05, 4.69) is 9.78 Å².